The summed E-state index contributed by atoms with van der Waals surface area (Å²) in [5, 5.41) is 0. The molecule has 0 aliphatic carbocycles. The summed E-state index contributed by atoms with van der Waals surface area (Å²) in [6.45, 7) is 0. The van der Waals surface area contributed by atoms with Gasteiger partial charge in [0.15, 0.2) is 0 Å². The molecule has 0 saturated carbocycles. The van der Waals surface area contributed by atoms with Crippen molar-refractivity contribution in [3.8, 4) is 0 Å². The molecule has 2 rings (SSSR count). The number of hydrogen-bond acceptors (Lipinski definition) is 0. The Morgan fingerprint density at radius 3 is 1.94 bits per heavy atom. The zero-order valence-corrected chi connectivity index (χ0v) is 10.8. The lowest BCUT2D eigenvalue weighted by Gasteiger charge is -1.98. The normalized spacial score (nSPS) is 11.9. The van der Waals surface area contributed by atoms with Crippen LogP contribution in [-0.4, -0.2) is 5.88 Å². The molecular formula is C17H15Cl. The molecule has 2 aromatic carbocycles. The molecule has 0 aliphatic heterocycles. The molecular weight excluding hydrogens is 240 g/mol. The summed E-state index contributed by atoms with van der Waals surface area (Å²) in [4.78, 5) is 0. The fourth-order valence-electron chi connectivity index (χ4n) is 1.66. The lowest BCUT2D eigenvalue weighted by atomic mass is 10.1. The van der Waals surface area contributed by atoms with Gasteiger partial charge in [-0.25, -0.2) is 0 Å². The van der Waals surface area contributed by atoms with Gasteiger partial charge >= 0.3 is 0 Å². The topological polar surface area (TPSA) is 0 Å². The van der Waals surface area contributed by atoms with Crippen LogP contribution in [0, 0.1) is 0 Å². The lowest BCUT2D eigenvalue weighted by Crippen LogP contribution is -1.80. The van der Waals surface area contributed by atoms with Crippen LogP contribution in [0.15, 0.2) is 72.3 Å². The van der Waals surface area contributed by atoms with E-state index in [1.54, 1.807) is 0 Å². The molecule has 0 spiro atoms. The Bertz CT molecular complexity index is 524. The van der Waals surface area contributed by atoms with Crippen LogP contribution in [0.2, 0.25) is 0 Å². The third-order valence-corrected chi connectivity index (χ3v) is 2.90. The molecule has 0 atom stereocenters. The number of halogens is 1. The van der Waals surface area contributed by atoms with Crippen molar-refractivity contribution in [3.05, 3.63) is 83.4 Å². The predicted molar refractivity (Wildman–Crippen MR) is 80.6 cm³/mol. The fourth-order valence-corrected chi connectivity index (χ4v) is 1.83. The lowest BCUT2D eigenvalue weighted by molar-refractivity contribution is 1.55. The first-order valence-corrected chi connectivity index (χ1v) is 6.46. The Balaban J connectivity index is 2.15. The van der Waals surface area contributed by atoms with Crippen molar-refractivity contribution in [1.82, 2.24) is 0 Å². The molecule has 0 radical (unpaired) electrons. The van der Waals surface area contributed by atoms with E-state index >= 15 is 0 Å². The molecule has 1 heteroatoms. The van der Waals surface area contributed by atoms with Crippen LogP contribution in [0.4, 0.5) is 0 Å². The highest BCUT2D eigenvalue weighted by Gasteiger charge is 1.92. The first kappa shape index (κ1) is 12.7. The molecule has 0 unspecified atom stereocenters. The third kappa shape index (κ3) is 3.90. The van der Waals surface area contributed by atoms with Crippen LogP contribution in [0.3, 0.4) is 0 Å². The maximum absolute atomic E-state index is 5.96. The van der Waals surface area contributed by atoms with Crippen molar-refractivity contribution >= 4 is 23.8 Å². The summed E-state index contributed by atoms with van der Waals surface area (Å²) >= 11 is 5.96. The number of allylic oxidation sites excluding steroid dienone is 2. The molecule has 0 nitrogen and oxygen atoms in total. The van der Waals surface area contributed by atoms with Gasteiger partial charge in [0.1, 0.15) is 0 Å². The maximum Gasteiger partial charge on any atom is 0.0474 e. The molecule has 0 saturated heterocycles. The Labute approximate surface area is 113 Å². The van der Waals surface area contributed by atoms with Gasteiger partial charge in [-0.1, -0.05) is 78.9 Å². The van der Waals surface area contributed by atoms with Gasteiger partial charge in [-0.3, -0.25) is 0 Å². The first-order valence-electron chi connectivity index (χ1n) is 5.93. The van der Waals surface area contributed by atoms with Crippen molar-refractivity contribution < 1.29 is 0 Å². The quantitative estimate of drug-likeness (QED) is 0.531. The Hall–Kier alpha value is -1.79. The van der Waals surface area contributed by atoms with E-state index in [0.29, 0.717) is 5.88 Å². The SMILES string of the molecule is ClCC(C=Cc1ccccc1)=Cc1ccccc1. The number of benzene rings is 2. The summed E-state index contributed by atoms with van der Waals surface area (Å²) in [6, 6.07) is 20.4. The molecule has 0 aliphatic rings. The van der Waals surface area contributed by atoms with Crippen molar-refractivity contribution in [2.45, 2.75) is 0 Å². The molecule has 0 aromatic heterocycles. The predicted octanol–water partition coefficient (Wildman–Crippen LogP) is 5.02. The maximum atomic E-state index is 5.96. The molecule has 0 amide bonds. The van der Waals surface area contributed by atoms with Crippen LogP contribution in [-0.2, 0) is 0 Å². The summed E-state index contributed by atoms with van der Waals surface area (Å²) in [5.41, 5.74) is 3.46. The molecule has 0 heterocycles. The summed E-state index contributed by atoms with van der Waals surface area (Å²) in [6.07, 6.45) is 6.25. The van der Waals surface area contributed by atoms with E-state index in [1.807, 2.05) is 36.4 Å². The van der Waals surface area contributed by atoms with Crippen LogP contribution in [0.1, 0.15) is 11.1 Å². The van der Waals surface area contributed by atoms with Gasteiger partial charge in [0.2, 0.25) is 0 Å². The highest BCUT2D eigenvalue weighted by atomic mass is 35.5. The Morgan fingerprint density at radius 2 is 1.39 bits per heavy atom. The number of hydrogen-bond donors (Lipinski definition) is 0. The number of rotatable bonds is 4. The smallest absolute Gasteiger partial charge is 0.0474 e. The van der Waals surface area contributed by atoms with Crippen molar-refractivity contribution in [2.75, 3.05) is 5.88 Å². The monoisotopic (exact) mass is 254 g/mol. The molecule has 2 aromatic rings. The number of alkyl halides is 1. The highest BCUT2D eigenvalue weighted by Crippen LogP contribution is 2.11. The second-order valence-corrected chi connectivity index (χ2v) is 4.27. The Kier molecular flexibility index (Phi) is 4.80. The highest BCUT2D eigenvalue weighted by molar-refractivity contribution is 6.20. The van der Waals surface area contributed by atoms with Crippen LogP contribution in [0.25, 0.3) is 12.2 Å². The van der Waals surface area contributed by atoms with Crippen molar-refractivity contribution in [3.63, 3.8) is 0 Å². The van der Waals surface area contributed by atoms with Crippen molar-refractivity contribution in [1.29, 1.82) is 0 Å². The first-order chi connectivity index (χ1) is 8.88. The van der Waals surface area contributed by atoms with E-state index in [1.165, 1.54) is 11.1 Å². The molecule has 18 heavy (non-hydrogen) atoms. The van der Waals surface area contributed by atoms with Crippen LogP contribution in [0.5, 0.6) is 0 Å². The van der Waals surface area contributed by atoms with Gasteiger partial charge in [0.05, 0.1) is 0 Å². The van der Waals surface area contributed by atoms with Crippen molar-refractivity contribution in [2.24, 2.45) is 0 Å². The molecule has 0 fully saturated rings. The standard InChI is InChI=1S/C17H15Cl/c18-14-17(13-16-9-5-2-6-10-16)12-11-15-7-3-1-4-8-15/h1-13H,14H2. The van der Waals surface area contributed by atoms with E-state index < -0.39 is 0 Å². The van der Waals surface area contributed by atoms with Gasteiger partial charge in [0, 0.05) is 5.88 Å². The summed E-state index contributed by atoms with van der Waals surface area (Å²) in [5.74, 6) is 0.512. The van der Waals surface area contributed by atoms with E-state index in [2.05, 4.69) is 42.5 Å². The minimum atomic E-state index is 0.512. The second kappa shape index (κ2) is 6.83. The van der Waals surface area contributed by atoms with Gasteiger partial charge in [-0.05, 0) is 16.7 Å². The van der Waals surface area contributed by atoms with E-state index in [0.717, 1.165) is 5.57 Å². The largest absolute Gasteiger partial charge is 0.122 e. The van der Waals surface area contributed by atoms with Gasteiger partial charge in [-0.15, -0.1) is 11.6 Å². The minimum Gasteiger partial charge on any atom is -0.122 e. The fraction of sp³-hybridized carbons (Fsp3) is 0.0588. The average Bonchev–Trinajstić information content (AvgIpc) is 2.45. The Morgan fingerprint density at radius 1 is 0.833 bits per heavy atom. The minimum absolute atomic E-state index is 0.512. The molecule has 90 valence electrons. The van der Waals surface area contributed by atoms with Crippen LogP contribution < -0.4 is 0 Å². The van der Waals surface area contributed by atoms with E-state index in [-0.39, 0.29) is 0 Å². The second-order valence-electron chi connectivity index (χ2n) is 4.01. The zero-order chi connectivity index (χ0) is 12.6. The van der Waals surface area contributed by atoms with Gasteiger partial charge < -0.3 is 0 Å². The van der Waals surface area contributed by atoms with Crippen LogP contribution >= 0.6 is 11.6 Å². The van der Waals surface area contributed by atoms with E-state index in [4.69, 9.17) is 11.6 Å². The average molecular weight is 255 g/mol. The summed E-state index contributed by atoms with van der Waals surface area (Å²) < 4.78 is 0. The van der Waals surface area contributed by atoms with Gasteiger partial charge in [-0.2, -0.15) is 0 Å². The summed E-state index contributed by atoms with van der Waals surface area (Å²) in [7, 11) is 0. The zero-order valence-electron chi connectivity index (χ0n) is 10.1. The van der Waals surface area contributed by atoms with Gasteiger partial charge in [0.25, 0.3) is 0 Å². The third-order valence-electron chi connectivity index (χ3n) is 2.60. The molecule has 0 N–H and O–H groups in total. The molecule has 0 bridgehead atoms. The van der Waals surface area contributed by atoms with E-state index in [9.17, 15) is 0 Å².